The highest BCUT2D eigenvalue weighted by molar-refractivity contribution is 6.35. The van der Waals surface area contributed by atoms with Gasteiger partial charge in [-0.3, -0.25) is 9.69 Å². The first-order valence-electron chi connectivity index (χ1n) is 14.7. The highest BCUT2D eigenvalue weighted by Crippen LogP contribution is 2.36. The van der Waals surface area contributed by atoms with Crippen molar-refractivity contribution in [2.45, 2.75) is 51.4 Å². The van der Waals surface area contributed by atoms with Gasteiger partial charge in [0.15, 0.2) is 0 Å². The minimum absolute atomic E-state index is 0.00538. The lowest BCUT2D eigenvalue weighted by Crippen LogP contribution is -2.46. The molecule has 3 aliphatic rings. The van der Waals surface area contributed by atoms with Crippen LogP contribution in [0.3, 0.4) is 0 Å². The molecule has 0 atom stereocenters. The van der Waals surface area contributed by atoms with Crippen LogP contribution in [0.15, 0.2) is 36.4 Å². The average molecular weight is 624 g/mol. The molecule has 2 aromatic rings. The van der Waals surface area contributed by atoms with Crippen LogP contribution >= 0.6 is 34.8 Å². The molecule has 224 valence electrons. The first-order valence-corrected chi connectivity index (χ1v) is 15.8. The Morgan fingerprint density at radius 2 is 1.49 bits per heavy atom. The number of ether oxygens (including phenoxy) is 1. The van der Waals surface area contributed by atoms with Gasteiger partial charge in [-0.05, 0) is 99.8 Å². The monoisotopic (exact) mass is 622 g/mol. The summed E-state index contributed by atoms with van der Waals surface area (Å²) in [6.45, 7) is 8.92. The van der Waals surface area contributed by atoms with Crippen molar-refractivity contribution in [3.63, 3.8) is 0 Å². The number of aryl methyl sites for hydroxylation is 1. The molecule has 10 heteroatoms. The lowest BCUT2D eigenvalue weighted by atomic mass is 9.88. The van der Waals surface area contributed by atoms with Gasteiger partial charge in [0.2, 0.25) is 5.91 Å². The Balaban J connectivity index is 0.000000367. The molecule has 7 nitrogen and oxygen atoms in total. The number of halogens is 3. The van der Waals surface area contributed by atoms with Crippen LogP contribution in [0.2, 0.25) is 15.1 Å². The van der Waals surface area contributed by atoms with Gasteiger partial charge in [-0.1, -0.05) is 46.9 Å². The van der Waals surface area contributed by atoms with Gasteiger partial charge in [-0.2, -0.15) is 0 Å². The molecule has 0 aliphatic carbocycles. The van der Waals surface area contributed by atoms with Crippen LogP contribution in [0.4, 0.5) is 4.79 Å². The number of piperidine rings is 1. The summed E-state index contributed by atoms with van der Waals surface area (Å²) in [5.41, 5.74) is 2.24. The smallest absolute Gasteiger partial charge is 0.317 e. The molecule has 1 N–H and O–H groups in total. The van der Waals surface area contributed by atoms with E-state index in [4.69, 9.17) is 39.5 Å². The van der Waals surface area contributed by atoms with Gasteiger partial charge in [0.25, 0.3) is 0 Å². The normalized spacial score (nSPS) is 17.8. The van der Waals surface area contributed by atoms with Gasteiger partial charge < -0.3 is 19.9 Å². The number of hydrogen-bond donors (Lipinski definition) is 1. The topological polar surface area (TPSA) is 65.1 Å². The third kappa shape index (κ3) is 9.67. The van der Waals surface area contributed by atoms with E-state index in [1.807, 2.05) is 36.1 Å². The minimum atomic E-state index is -0.123. The molecule has 2 aromatic carbocycles. The predicted molar refractivity (Wildman–Crippen MR) is 167 cm³/mol. The summed E-state index contributed by atoms with van der Waals surface area (Å²) in [6, 6.07) is 11.3. The van der Waals surface area contributed by atoms with E-state index in [0.29, 0.717) is 35.7 Å². The number of likely N-dealkylation sites (tertiary alicyclic amines) is 3. The second kappa shape index (κ2) is 15.9. The van der Waals surface area contributed by atoms with Crippen molar-refractivity contribution in [3.8, 4) is 5.75 Å². The Morgan fingerprint density at radius 3 is 2.15 bits per heavy atom. The van der Waals surface area contributed by atoms with Gasteiger partial charge in [0.1, 0.15) is 12.4 Å². The zero-order chi connectivity index (χ0) is 29.2. The second-order valence-electron chi connectivity index (χ2n) is 11.0. The van der Waals surface area contributed by atoms with E-state index in [1.54, 1.807) is 11.0 Å². The summed E-state index contributed by atoms with van der Waals surface area (Å²) in [4.78, 5) is 30.8. The molecule has 0 spiro atoms. The largest absolute Gasteiger partial charge is 0.492 e. The summed E-state index contributed by atoms with van der Waals surface area (Å²) < 4.78 is 6.16. The van der Waals surface area contributed by atoms with E-state index in [1.165, 1.54) is 18.4 Å². The van der Waals surface area contributed by atoms with E-state index in [9.17, 15) is 9.59 Å². The minimum Gasteiger partial charge on any atom is -0.492 e. The Labute approximate surface area is 259 Å². The molecule has 3 heterocycles. The molecule has 0 bridgehead atoms. The van der Waals surface area contributed by atoms with Gasteiger partial charge >= 0.3 is 6.03 Å². The molecule has 0 aromatic heterocycles. The highest BCUT2D eigenvalue weighted by Gasteiger charge is 2.27. The lowest BCUT2D eigenvalue weighted by Gasteiger charge is -2.33. The summed E-state index contributed by atoms with van der Waals surface area (Å²) >= 11 is 17.6. The average Bonchev–Trinajstić information content (AvgIpc) is 3.70. The fraction of sp³-hybridized carbons (Fsp3) is 0.548. The lowest BCUT2D eigenvalue weighted by molar-refractivity contribution is -0.131. The summed E-state index contributed by atoms with van der Waals surface area (Å²) in [7, 11) is 0. The van der Waals surface area contributed by atoms with E-state index >= 15 is 0 Å². The molecule has 3 amide bonds. The quantitative estimate of drug-likeness (QED) is 0.376. The first-order chi connectivity index (χ1) is 19.8. The fourth-order valence-corrected chi connectivity index (χ4v) is 6.13. The van der Waals surface area contributed by atoms with E-state index in [0.717, 1.165) is 74.7 Å². The summed E-state index contributed by atoms with van der Waals surface area (Å²) in [6.07, 6.45) is 6.42. The maximum atomic E-state index is 12.6. The number of carbonyl (C=O) groups is 2. The molecule has 5 rings (SSSR count). The van der Waals surface area contributed by atoms with Crippen LogP contribution in [-0.4, -0.2) is 85.6 Å². The van der Waals surface area contributed by atoms with Gasteiger partial charge in [-0.15, -0.1) is 0 Å². The zero-order valence-corrected chi connectivity index (χ0v) is 26.1. The number of amides is 3. The molecule has 3 fully saturated rings. The van der Waals surface area contributed by atoms with Crippen molar-refractivity contribution < 1.29 is 14.3 Å². The number of benzene rings is 2. The van der Waals surface area contributed by atoms with Crippen molar-refractivity contribution in [1.29, 1.82) is 0 Å². The van der Waals surface area contributed by atoms with E-state index < -0.39 is 0 Å². The van der Waals surface area contributed by atoms with Crippen LogP contribution in [0.1, 0.15) is 55.6 Å². The summed E-state index contributed by atoms with van der Waals surface area (Å²) in [5, 5.41) is 4.88. The molecular formula is C31H41Cl3N4O3. The highest BCUT2D eigenvalue weighted by atomic mass is 35.5. The maximum absolute atomic E-state index is 12.6. The molecule has 0 saturated carbocycles. The Morgan fingerprint density at radius 1 is 0.854 bits per heavy atom. The zero-order valence-electron chi connectivity index (χ0n) is 23.8. The van der Waals surface area contributed by atoms with Gasteiger partial charge in [-0.25, -0.2) is 4.79 Å². The van der Waals surface area contributed by atoms with Crippen molar-refractivity contribution in [3.05, 3.63) is 62.6 Å². The van der Waals surface area contributed by atoms with Crippen LogP contribution in [0, 0.1) is 6.92 Å². The Kier molecular flexibility index (Phi) is 12.3. The molecule has 0 radical (unpaired) electrons. The number of nitrogens with one attached hydrogen (secondary N) is 1. The molecule has 0 unspecified atom stereocenters. The Hall–Kier alpha value is -2.19. The van der Waals surface area contributed by atoms with Crippen LogP contribution in [-0.2, 0) is 4.79 Å². The third-order valence-electron chi connectivity index (χ3n) is 8.04. The van der Waals surface area contributed by atoms with Crippen LogP contribution in [0.5, 0.6) is 5.75 Å². The molecule has 3 saturated heterocycles. The second-order valence-corrected chi connectivity index (χ2v) is 12.3. The van der Waals surface area contributed by atoms with E-state index in [2.05, 4.69) is 16.3 Å². The van der Waals surface area contributed by atoms with Crippen LogP contribution < -0.4 is 10.1 Å². The number of urea groups is 1. The van der Waals surface area contributed by atoms with Crippen molar-refractivity contribution in [2.24, 2.45) is 0 Å². The van der Waals surface area contributed by atoms with Crippen LogP contribution in [0.25, 0.3) is 0 Å². The van der Waals surface area contributed by atoms with Crippen molar-refractivity contribution >= 4 is 46.7 Å². The molecular weight excluding hydrogens is 583 g/mol. The molecule has 3 aliphatic heterocycles. The van der Waals surface area contributed by atoms with E-state index in [-0.39, 0.29) is 18.5 Å². The van der Waals surface area contributed by atoms with Crippen molar-refractivity contribution in [1.82, 2.24) is 20.0 Å². The predicted octanol–water partition coefficient (Wildman–Crippen LogP) is 6.63. The third-order valence-corrected chi connectivity index (χ3v) is 8.92. The SMILES string of the molecule is Cc1ccc(Cl)cc1Cl.O=C(CNC(=O)N1CCCC1)N1CCC(c2ccc(Cl)cc2OCCN2CCCC2)CC1. The maximum Gasteiger partial charge on any atom is 0.317 e. The van der Waals surface area contributed by atoms with Gasteiger partial charge in [0.05, 0.1) is 6.54 Å². The number of hydrogen-bond acceptors (Lipinski definition) is 4. The van der Waals surface area contributed by atoms with Crippen molar-refractivity contribution in [2.75, 3.05) is 59.0 Å². The summed E-state index contributed by atoms with van der Waals surface area (Å²) in [5.74, 6) is 1.21. The first kappa shape index (κ1) is 31.7. The Bertz CT molecular complexity index is 1160. The fourth-order valence-electron chi connectivity index (χ4n) is 5.56. The molecule has 41 heavy (non-hydrogen) atoms. The number of rotatable bonds is 7. The number of nitrogens with zero attached hydrogens (tertiary/aromatic N) is 3. The standard InChI is InChI=1S/C24H35ClN4O3.C7H6Cl2/c25-20-5-6-21(22(17-20)32-16-15-27-9-1-2-10-27)19-7-13-28(14-8-19)23(30)18-26-24(31)29-11-3-4-12-29;1-5-2-3-6(8)4-7(5)9/h5-6,17,19H,1-4,7-16,18H2,(H,26,31);2-4H,1H3. The number of carbonyl (C=O) groups excluding carboxylic acids is 2. The van der Waals surface area contributed by atoms with Gasteiger partial charge in [0, 0.05) is 47.8 Å².